The van der Waals surface area contributed by atoms with Gasteiger partial charge in [-0.3, -0.25) is 0 Å². The van der Waals surface area contributed by atoms with Crippen LogP contribution in [0.25, 0.3) is 20.9 Å². The molecule has 45 heavy (non-hydrogen) atoms. The van der Waals surface area contributed by atoms with E-state index in [2.05, 4.69) is 69.0 Å². The molecule has 1 atom stereocenters. The number of ether oxygens (including phenoxy) is 2. The lowest BCUT2D eigenvalue weighted by atomic mass is 10.0. The third kappa shape index (κ3) is 9.80. The highest BCUT2D eigenvalue weighted by molar-refractivity contribution is 7.76. The number of benzene rings is 1. The van der Waals surface area contributed by atoms with E-state index in [1.807, 2.05) is 13.8 Å². The molecule has 3 heterocycles. The van der Waals surface area contributed by atoms with Crippen LogP contribution >= 0.6 is 30.6 Å². The van der Waals surface area contributed by atoms with Gasteiger partial charge in [-0.2, -0.15) is 4.52 Å². The molecule has 1 aliphatic heterocycles. The van der Waals surface area contributed by atoms with Crippen LogP contribution in [0.5, 0.6) is 11.5 Å². The van der Waals surface area contributed by atoms with Crippen molar-refractivity contribution in [1.82, 2.24) is 0 Å². The monoisotopic (exact) mass is 671 g/mol. The number of unbranched alkanes of at least 4 members (excludes halogenated alkanes) is 7. The smallest absolute Gasteiger partial charge is 0.465 e. The van der Waals surface area contributed by atoms with Crippen molar-refractivity contribution in [2.24, 2.45) is 5.92 Å². The molecule has 3 aromatic rings. The zero-order chi connectivity index (χ0) is 32.1. The molecule has 8 heteroatoms. The van der Waals surface area contributed by atoms with Crippen LogP contribution in [0.1, 0.15) is 110 Å². The van der Waals surface area contributed by atoms with Crippen molar-refractivity contribution < 1.29 is 23.0 Å². The van der Waals surface area contributed by atoms with Crippen LogP contribution < -0.4 is 14.1 Å². The Hall–Kier alpha value is -1.91. The number of methoxy groups -OCH3 is 1. The second-order valence-electron chi connectivity index (χ2n) is 11.6. The standard InChI is InChI=1S/C37H52O5PS2/c1-7-11-13-14-15-16-17-18-20-30-21-22-35(44-30)31-26-34(39-27-29(9-3)19-12-8-2)32(25-33(31)38-6)36-23-24-37(45-36)43(40-10-4)41-28(5)42-43/h21-26,28-29H,7-17,19,27H2,1-6H3/q+1. The van der Waals surface area contributed by atoms with Gasteiger partial charge in [0.05, 0.1) is 25.2 Å². The van der Waals surface area contributed by atoms with Gasteiger partial charge in [0, 0.05) is 33.4 Å². The van der Waals surface area contributed by atoms with Crippen LogP contribution in [0.2, 0.25) is 0 Å². The highest BCUT2D eigenvalue weighted by Gasteiger charge is 2.62. The molecule has 5 nitrogen and oxygen atoms in total. The van der Waals surface area contributed by atoms with Gasteiger partial charge in [-0.1, -0.05) is 95.3 Å². The fraction of sp³-hybridized carbons (Fsp3) is 0.568. The molecule has 246 valence electrons. The van der Waals surface area contributed by atoms with E-state index in [1.165, 1.54) is 57.8 Å². The third-order valence-electron chi connectivity index (χ3n) is 8.06. The summed E-state index contributed by atoms with van der Waals surface area (Å²) in [5, 5.41) is 0. The van der Waals surface area contributed by atoms with Crippen molar-refractivity contribution in [3.8, 4) is 44.2 Å². The first-order valence-electron chi connectivity index (χ1n) is 16.9. The average molecular weight is 672 g/mol. The van der Waals surface area contributed by atoms with E-state index in [4.69, 9.17) is 23.0 Å². The fourth-order valence-electron chi connectivity index (χ4n) is 5.45. The van der Waals surface area contributed by atoms with Gasteiger partial charge in [-0.15, -0.1) is 20.4 Å². The maximum absolute atomic E-state index is 6.68. The van der Waals surface area contributed by atoms with Crippen LogP contribution in [0, 0.1) is 17.8 Å². The minimum absolute atomic E-state index is 0.251. The Morgan fingerprint density at radius 1 is 0.844 bits per heavy atom. The minimum atomic E-state index is -2.50. The molecule has 1 aromatic carbocycles. The molecular weight excluding hydrogens is 620 g/mol. The first-order chi connectivity index (χ1) is 22.0. The second kappa shape index (κ2) is 18.4. The summed E-state index contributed by atoms with van der Waals surface area (Å²) < 4.78 is 31.8. The molecule has 1 fully saturated rings. The molecule has 1 saturated heterocycles. The van der Waals surface area contributed by atoms with Crippen molar-refractivity contribution >= 4 is 35.2 Å². The van der Waals surface area contributed by atoms with E-state index in [9.17, 15) is 0 Å². The normalized spacial score (nSPS) is 18.2. The van der Waals surface area contributed by atoms with Crippen LogP contribution in [-0.4, -0.2) is 26.6 Å². The SMILES string of the molecule is CCCCCCCCC#Cc1ccc(-c2cc(OCC(CC)CCCC)c(-c3ccc([P+]4(OCC)OC(C)O4)s3)cc2OC)s1. The Bertz CT molecular complexity index is 1380. The van der Waals surface area contributed by atoms with E-state index in [0.717, 1.165) is 54.7 Å². The summed E-state index contributed by atoms with van der Waals surface area (Å²) in [6.45, 7) is 11.9. The van der Waals surface area contributed by atoms with Gasteiger partial charge in [0.2, 0.25) is 4.62 Å². The number of hydrogen-bond donors (Lipinski definition) is 0. The second-order valence-corrected chi connectivity index (χ2v) is 16.2. The number of hydrogen-bond acceptors (Lipinski definition) is 7. The summed E-state index contributed by atoms with van der Waals surface area (Å²) in [6, 6.07) is 12.8. The molecule has 2 aromatic heterocycles. The Morgan fingerprint density at radius 2 is 1.53 bits per heavy atom. The van der Waals surface area contributed by atoms with Crippen molar-refractivity contribution in [2.75, 3.05) is 20.3 Å². The molecule has 0 saturated carbocycles. The predicted molar refractivity (Wildman–Crippen MR) is 193 cm³/mol. The first-order valence-corrected chi connectivity index (χ1v) is 20.1. The van der Waals surface area contributed by atoms with Crippen molar-refractivity contribution in [2.45, 2.75) is 112 Å². The van der Waals surface area contributed by atoms with Crippen molar-refractivity contribution in [3.05, 3.63) is 41.3 Å². The summed E-state index contributed by atoms with van der Waals surface area (Å²) in [5.41, 5.74) is 2.04. The van der Waals surface area contributed by atoms with Gasteiger partial charge >= 0.3 is 7.94 Å². The van der Waals surface area contributed by atoms with Crippen LogP contribution in [0.3, 0.4) is 0 Å². The highest BCUT2D eigenvalue weighted by Crippen LogP contribution is 2.71. The summed E-state index contributed by atoms with van der Waals surface area (Å²) >= 11 is 3.36. The number of rotatable bonds is 19. The van der Waals surface area contributed by atoms with Crippen LogP contribution in [-0.2, 0) is 13.6 Å². The Balaban J connectivity index is 1.60. The third-order valence-corrected chi connectivity index (χ3v) is 13.4. The molecule has 0 spiro atoms. The first kappa shape index (κ1) is 35.9. The highest BCUT2D eigenvalue weighted by atomic mass is 32.1. The van der Waals surface area contributed by atoms with E-state index in [0.29, 0.717) is 19.1 Å². The Kier molecular flexibility index (Phi) is 14.7. The molecule has 0 radical (unpaired) electrons. The summed E-state index contributed by atoms with van der Waals surface area (Å²) in [4.78, 5) is 3.28. The molecule has 0 bridgehead atoms. The molecule has 4 rings (SSSR count). The van der Waals surface area contributed by atoms with E-state index < -0.39 is 7.94 Å². The lowest BCUT2D eigenvalue weighted by Gasteiger charge is -2.31. The predicted octanol–water partition coefficient (Wildman–Crippen LogP) is 11.7. The van der Waals surface area contributed by atoms with E-state index in [-0.39, 0.29) is 6.29 Å². The minimum Gasteiger partial charge on any atom is -0.496 e. The molecule has 0 aliphatic carbocycles. The van der Waals surface area contributed by atoms with Crippen molar-refractivity contribution in [3.63, 3.8) is 0 Å². The Labute approximate surface area is 280 Å². The van der Waals surface area contributed by atoms with Gasteiger partial charge < -0.3 is 9.47 Å². The molecule has 0 N–H and O–H groups in total. The molecule has 0 amide bonds. The maximum Gasteiger partial charge on any atom is 0.465 e. The maximum atomic E-state index is 6.68. The zero-order valence-electron chi connectivity index (χ0n) is 28.1. The summed E-state index contributed by atoms with van der Waals surface area (Å²) in [7, 11) is -0.762. The largest absolute Gasteiger partial charge is 0.496 e. The van der Waals surface area contributed by atoms with Gasteiger partial charge in [0.25, 0.3) is 6.29 Å². The van der Waals surface area contributed by atoms with Crippen LogP contribution in [0.15, 0.2) is 36.4 Å². The summed E-state index contributed by atoms with van der Waals surface area (Å²) in [5.74, 6) is 9.00. The quantitative estimate of drug-likeness (QED) is 0.0721. The van der Waals surface area contributed by atoms with Gasteiger partial charge in [0.1, 0.15) is 11.5 Å². The van der Waals surface area contributed by atoms with Gasteiger partial charge in [-0.25, -0.2) is 0 Å². The average Bonchev–Trinajstić information content (AvgIpc) is 3.72. The van der Waals surface area contributed by atoms with Gasteiger partial charge in [-0.05, 0) is 62.9 Å². The molecular formula is C37H52O5PS2+. The van der Waals surface area contributed by atoms with E-state index >= 15 is 0 Å². The Morgan fingerprint density at radius 3 is 2.24 bits per heavy atom. The molecule has 1 unspecified atom stereocenters. The zero-order valence-corrected chi connectivity index (χ0v) is 30.6. The summed E-state index contributed by atoms with van der Waals surface area (Å²) in [6.07, 6.45) is 13.1. The lowest BCUT2D eigenvalue weighted by molar-refractivity contribution is -0.0968. The van der Waals surface area contributed by atoms with Crippen LogP contribution in [0.4, 0.5) is 0 Å². The molecule has 1 aliphatic rings. The van der Waals surface area contributed by atoms with E-state index in [1.54, 1.807) is 29.8 Å². The number of thiophene rings is 2. The fourth-order valence-corrected chi connectivity index (χ4v) is 10.1. The topological polar surface area (TPSA) is 46.2 Å². The lowest BCUT2D eigenvalue weighted by Crippen LogP contribution is -2.33. The van der Waals surface area contributed by atoms with Gasteiger partial charge in [0.15, 0.2) is 0 Å². The van der Waals surface area contributed by atoms with Crippen molar-refractivity contribution in [1.29, 1.82) is 0 Å².